The van der Waals surface area contributed by atoms with Gasteiger partial charge < -0.3 is 0 Å². The van der Waals surface area contributed by atoms with Crippen molar-refractivity contribution in [2.75, 3.05) is 0 Å². The van der Waals surface area contributed by atoms with E-state index in [1.165, 1.54) is 16.7 Å². The Morgan fingerprint density at radius 1 is 0.944 bits per heavy atom. The summed E-state index contributed by atoms with van der Waals surface area (Å²) in [5.74, 6) is 0.926. The van der Waals surface area contributed by atoms with Gasteiger partial charge in [0.1, 0.15) is 0 Å². The molecule has 0 saturated heterocycles. The second-order valence-electron chi connectivity index (χ2n) is 4.65. The van der Waals surface area contributed by atoms with Gasteiger partial charge in [0, 0.05) is 17.1 Å². The van der Waals surface area contributed by atoms with Crippen molar-refractivity contribution in [2.45, 2.75) is 38.6 Å². The summed E-state index contributed by atoms with van der Waals surface area (Å²) in [4.78, 5) is 8.90. The molecule has 2 aromatic rings. The first-order chi connectivity index (χ1) is 8.54. The molecule has 0 aliphatic rings. The molecule has 0 N–H and O–H groups in total. The van der Waals surface area contributed by atoms with E-state index < -0.39 is 0 Å². The number of thioether (sulfide) groups is 1. The largest absolute Gasteiger partial charge is 0.228 e. The van der Waals surface area contributed by atoms with Crippen LogP contribution in [0.2, 0.25) is 0 Å². The highest BCUT2D eigenvalue weighted by atomic mass is 32.2. The molecule has 0 atom stereocenters. The molecule has 0 fully saturated rings. The molecule has 94 valence electrons. The minimum Gasteiger partial charge on any atom is -0.228 e. The summed E-state index contributed by atoms with van der Waals surface area (Å²) in [6, 6.07) is 8.57. The number of benzene rings is 1. The van der Waals surface area contributed by atoms with Crippen molar-refractivity contribution in [1.29, 1.82) is 0 Å². The van der Waals surface area contributed by atoms with Gasteiger partial charge in [-0.3, -0.25) is 0 Å². The molecule has 1 aromatic heterocycles. The van der Waals surface area contributed by atoms with Crippen LogP contribution in [0.15, 0.2) is 29.4 Å². The van der Waals surface area contributed by atoms with Crippen LogP contribution in [0, 0.1) is 27.7 Å². The highest BCUT2D eigenvalue weighted by Crippen LogP contribution is 2.22. The number of nitrogens with zero attached hydrogens (tertiary/aromatic N) is 2. The zero-order valence-corrected chi connectivity index (χ0v) is 12.1. The molecule has 0 aliphatic heterocycles. The number of hydrogen-bond acceptors (Lipinski definition) is 3. The molecular weight excluding hydrogens is 240 g/mol. The quantitative estimate of drug-likeness (QED) is 0.614. The lowest BCUT2D eigenvalue weighted by Crippen LogP contribution is -1.94. The van der Waals surface area contributed by atoms with Crippen LogP contribution in [0.3, 0.4) is 0 Å². The summed E-state index contributed by atoms with van der Waals surface area (Å²) in [5, 5.41) is 0.868. The van der Waals surface area contributed by atoms with Crippen molar-refractivity contribution >= 4 is 11.8 Å². The SMILES string of the molecule is Cc1ccc(CSc2nc(C)cc(C)n2)c(C)c1. The van der Waals surface area contributed by atoms with E-state index in [2.05, 4.69) is 42.0 Å². The third-order valence-electron chi connectivity index (χ3n) is 2.82. The third-order valence-corrected chi connectivity index (χ3v) is 3.71. The monoisotopic (exact) mass is 258 g/mol. The van der Waals surface area contributed by atoms with E-state index >= 15 is 0 Å². The van der Waals surface area contributed by atoms with Crippen LogP contribution in [-0.4, -0.2) is 9.97 Å². The second-order valence-corrected chi connectivity index (χ2v) is 5.59. The van der Waals surface area contributed by atoms with Gasteiger partial charge in [0.05, 0.1) is 0 Å². The van der Waals surface area contributed by atoms with Gasteiger partial charge in [-0.05, 0) is 44.9 Å². The Bertz CT molecular complexity index is 544. The molecular formula is C15H18N2S. The molecule has 2 rings (SSSR count). The van der Waals surface area contributed by atoms with Gasteiger partial charge in [0.15, 0.2) is 5.16 Å². The normalized spacial score (nSPS) is 10.7. The van der Waals surface area contributed by atoms with Crippen molar-refractivity contribution in [3.8, 4) is 0 Å². The van der Waals surface area contributed by atoms with Crippen LogP contribution in [-0.2, 0) is 5.75 Å². The standard InChI is InChI=1S/C15H18N2S/c1-10-5-6-14(11(2)7-10)9-18-15-16-12(3)8-13(4)17-15/h5-8H,9H2,1-4H3. The maximum atomic E-state index is 4.45. The van der Waals surface area contributed by atoms with Crippen LogP contribution >= 0.6 is 11.8 Å². The minimum atomic E-state index is 0.868. The molecule has 0 unspecified atom stereocenters. The van der Waals surface area contributed by atoms with Crippen molar-refractivity contribution in [3.05, 3.63) is 52.3 Å². The van der Waals surface area contributed by atoms with Crippen LogP contribution in [0.4, 0.5) is 0 Å². The molecule has 1 aromatic carbocycles. The molecule has 1 heterocycles. The van der Waals surface area contributed by atoms with Crippen molar-refractivity contribution in [1.82, 2.24) is 9.97 Å². The van der Waals surface area contributed by atoms with Crippen molar-refractivity contribution in [3.63, 3.8) is 0 Å². The Labute approximate surface area is 113 Å². The van der Waals surface area contributed by atoms with Gasteiger partial charge in [0.2, 0.25) is 0 Å². The van der Waals surface area contributed by atoms with Gasteiger partial charge >= 0.3 is 0 Å². The summed E-state index contributed by atoms with van der Waals surface area (Å²) < 4.78 is 0. The molecule has 0 radical (unpaired) electrons. The number of aromatic nitrogens is 2. The first-order valence-electron chi connectivity index (χ1n) is 6.06. The summed E-state index contributed by atoms with van der Waals surface area (Å²) in [5.41, 5.74) is 6.07. The van der Waals surface area contributed by atoms with E-state index in [0.717, 1.165) is 22.3 Å². The second kappa shape index (κ2) is 5.53. The van der Waals surface area contributed by atoms with E-state index in [9.17, 15) is 0 Å². The Hall–Kier alpha value is -1.35. The molecule has 0 aliphatic carbocycles. The van der Waals surface area contributed by atoms with Crippen molar-refractivity contribution in [2.24, 2.45) is 0 Å². The first-order valence-corrected chi connectivity index (χ1v) is 7.04. The Kier molecular flexibility index (Phi) is 4.02. The minimum absolute atomic E-state index is 0.868. The van der Waals surface area contributed by atoms with Crippen molar-refractivity contribution < 1.29 is 0 Å². The predicted octanol–water partition coefficient (Wildman–Crippen LogP) is 4.00. The van der Waals surface area contributed by atoms with Gasteiger partial charge in [0.25, 0.3) is 0 Å². The topological polar surface area (TPSA) is 25.8 Å². The maximum absolute atomic E-state index is 4.45. The average molecular weight is 258 g/mol. The van der Waals surface area contributed by atoms with Gasteiger partial charge in [-0.25, -0.2) is 9.97 Å². The van der Waals surface area contributed by atoms with Gasteiger partial charge in [-0.15, -0.1) is 0 Å². The van der Waals surface area contributed by atoms with Crippen LogP contribution in [0.5, 0.6) is 0 Å². The molecule has 18 heavy (non-hydrogen) atoms. The first kappa shape index (κ1) is 13.1. The molecule has 0 bridgehead atoms. The van der Waals surface area contributed by atoms with E-state index in [1.54, 1.807) is 11.8 Å². The number of aryl methyl sites for hydroxylation is 4. The van der Waals surface area contributed by atoms with Crippen LogP contribution in [0.1, 0.15) is 28.1 Å². The maximum Gasteiger partial charge on any atom is 0.188 e. The smallest absolute Gasteiger partial charge is 0.188 e. The molecule has 0 amide bonds. The highest BCUT2D eigenvalue weighted by Gasteiger charge is 2.03. The van der Waals surface area contributed by atoms with E-state index in [-0.39, 0.29) is 0 Å². The van der Waals surface area contributed by atoms with E-state index in [4.69, 9.17) is 0 Å². The van der Waals surface area contributed by atoms with Gasteiger partial charge in [-0.1, -0.05) is 35.5 Å². The Balaban J connectivity index is 2.11. The fraction of sp³-hybridized carbons (Fsp3) is 0.333. The number of rotatable bonds is 3. The number of hydrogen-bond donors (Lipinski definition) is 0. The molecule has 0 spiro atoms. The fourth-order valence-corrected chi connectivity index (χ4v) is 2.93. The average Bonchev–Trinajstić information content (AvgIpc) is 2.26. The zero-order chi connectivity index (χ0) is 13.1. The Morgan fingerprint density at radius 3 is 2.22 bits per heavy atom. The van der Waals surface area contributed by atoms with Crippen LogP contribution < -0.4 is 0 Å². The fourth-order valence-electron chi connectivity index (χ4n) is 1.91. The summed E-state index contributed by atoms with van der Waals surface area (Å²) in [7, 11) is 0. The summed E-state index contributed by atoms with van der Waals surface area (Å²) in [6.07, 6.45) is 0. The zero-order valence-electron chi connectivity index (χ0n) is 11.3. The lowest BCUT2D eigenvalue weighted by atomic mass is 10.1. The van der Waals surface area contributed by atoms with E-state index in [0.29, 0.717) is 0 Å². The summed E-state index contributed by atoms with van der Waals surface area (Å²) in [6.45, 7) is 8.30. The van der Waals surface area contributed by atoms with Crippen LogP contribution in [0.25, 0.3) is 0 Å². The highest BCUT2D eigenvalue weighted by molar-refractivity contribution is 7.98. The summed E-state index contributed by atoms with van der Waals surface area (Å²) >= 11 is 1.70. The van der Waals surface area contributed by atoms with Gasteiger partial charge in [-0.2, -0.15) is 0 Å². The lowest BCUT2D eigenvalue weighted by Gasteiger charge is -2.07. The Morgan fingerprint density at radius 2 is 1.61 bits per heavy atom. The molecule has 0 saturated carbocycles. The third kappa shape index (κ3) is 3.33. The molecule has 2 nitrogen and oxygen atoms in total. The molecule has 3 heteroatoms. The predicted molar refractivity (Wildman–Crippen MR) is 77.0 cm³/mol. The van der Waals surface area contributed by atoms with E-state index in [1.807, 2.05) is 19.9 Å². The lowest BCUT2D eigenvalue weighted by molar-refractivity contribution is 0.901.